The summed E-state index contributed by atoms with van der Waals surface area (Å²) in [6, 6.07) is 14.0. The van der Waals surface area contributed by atoms with E-state index in [1.807, 2.05) is 50.2 Å². The van der Waals surface area contributed by atoms with Gasteiger partial charge in [0, 0.05) is 24.8 Å². The lowest BCUT2D eigenvalue weighted by atomic mass is 9.89. The van der Waals surface area contributed by atoms with Gasteiger partial charge in [-0.25, -0.2) is 0 Å². The number of nitrogens with zero attached hydrogens (tertiary/aromatic N) is 2. The minimum atomic E-state index is -0.990. The molecular weight excluding hydrogens is 324 g/mol. The predicted molar refractivity (Wildman–Crippen MR) is 104 cm³/mol. The molecule has 0 spiro atoms. The molecule has 0 bridgehead atoms. The first-order chi connectivity index (χ1) is 12.3. The number of hydrogen-bond donors (Lipinski definition) is 1. The second-order valence-corrected chi connectivity index (χ2v) is 7.39. The maximum absolute atomic E-state index is 10.4. The van der Waals surface area contributed by atoms with Crippen LogP contribution in [0.4, 0.5) is 0 Å². The lowest BCUT2D eigenvalue weighted by Gasteiger charge is -2.37. The van der Waals surface area contributed by atoms with Gasteiger partial charge in [0.1, 0.15) is 11.4 Å². The quantitative estimate of drug-likeness (QED) is 0.723. The van der Waals surface area contributed by atoms with E-state index in [1.54, 1.807) is 38.6 Å². The molecule has 0 aliphatic heterocycles. The maximum atomic E-state index is 10.4. The number of aromatic nitrogens is 2. The van der Waals surface area contributed by atoms with Gasteiger partial charge in [-0.15, -0.1) is 0 Å². The van der Waals surface area contributed by atoms with E-state index < -0.39 is 11.2 Å². The van der Waals surface area contributed by atoms with E-state index in [2.05, 4.69) is 16.0 Å². The molecule has 0 aliphatic carbocycles. The van der Waals surface area contributed by atoms with E-state index in [0.717, 1.165) is 22.3 Å². The summed E-state index contributed by atoms with van der Waals surface area (Å²) in [4.78, 5) is 8.19. The fourth-order valence-electron chi connectivity index (χ4n) is 2.50. The zero-order valence-electron chi connectivity index (χ0n) is 15.6. The standard InChI is InChI=1S/C22H24N2O2/c1-21(2,25)22(3,4)26-20-14-18(16-5-9-23-10-6-16)13-19(15-20)17-7-11-24-12-8-17/h5-15,25H,1-4H3. The Morgan fingerprint density at radius 2 is 1.12 bits per heavy atom. The lowest BCUT2D eigenvalue weighted by molar-refractivity contribution is -0.0906. The highest BCUT2D eigenvalue weighted by Crippen LogP contribution is 2.34. The molecule has 4 heteroatoms. The summed E-state index contributed by atoms with van der Waals surface area (Å²) in [5.41, 5.74) is 2.44. The van der Waals surface area contributed by atoms with Crippen LogP contribution >= 0.6 is 0 Å². The van der Waals surface area contributed by atoms with Gasteiger partial charge in [0.15, 0.2) is 0 Å². The third-order valence-corrected chi connectivity index (χ3v) is 4.78. The number of pyridine rings is 2. The molecule has 1 aromatic carbocycles. The Morgan fingerprint density at radius 3 is 1.50 bits per heavy atom. The molecule has 0 radical (unpaired) electrons. The number of ether oxygens (including phenoxy) is 1. The average molecular weight is 348 g/mol. The van der Waals surface area contributed by atoms with Crippen LogP contribution < -0.4 is 4.74 Å². The zero-order chi connectivity index (χ0) is 18.8. The molecule has 4 nitrogen and oxygen atoms in total. The van der Waals surface area contributed by atoms with Crippen molar-refractivity contribution in [1.82, 2.24) is 9.97 Å². The molecule has 2 heterocycles. The van der Waals surface area contributed by atoms with Crippen molar-refractivity contribution in [2.75, 3.05) is 0 Å². The van der Waals surface area contributed by atoms with Gasteiger partial charge in [0.05, 0.1) is 5.60 Å². The zero-order valence-corrected chi connectivity index (χ0v) is 15.6. The Bertz CT molecular complexity index is 812. The van der Waals surface area contributed by atoms with Gasteiger partial charge in [-0.1, -0.05) is 0 Å². The van der Waals surface area contributed by atoms with E-state index in [4.69, 9.17) is 4.74 Å². The second-order valence-electron chi connectivity index (χ2n) is 7.39. The van der Waals surface area contributed by atoms with Crippen LogP contribution in [0.15, 0.2) is 67.3 Å². The first-order valence-electron chi connectivity index (χ1n) is 8.63. The van der Waals surface area contributed by atoms with Crippen LogP contribution in [0.25, 0.3) is 22.3 Å². The fraction of sp³-hybridized carbons (Fsp3) is 0.273. The first kappa shape index (κ1) is 18.1. The molecule has 3 rings (SSSR count). The van der Waals surface area contributed by atoms with Gasteiger partial charge < -0.3 is 9.84 Å². The highest BCUT2D eigenvalue weighted by molar-refractivity contribution is 5.74. The Labute approximate surface area is 154 Å². The predicted octanol–water partition coefficient (Wildman–Crippen LogP) is 4.74. The monoisotopic (exact) mass is 348 g/mol. The smallest absolute Gasteiger partial charge is 0.131 e. The van der Waals surface area contributed by atoms with Crippen molar-refractivity contribution in [3.8, 4) is 28.0 Å². The Hall–Kier alpha value is -2.72. The molecule has 134 valence electrons. The van der Waals surface area contributed by atoms with Gasteiger partial charge in [-0.05, 0) is 92.4 Å². The maximum Gasteiger partial charge on any atom is 0.131 e. The summed E-state index contributed by atoms with van der Waals surface area (Å²) < 4.78 is 6.21. The van der Waals surface area contributed by atoms with E-state index in [0.29, 0.717) is 5.75 Å². The SMILES string of the molecule is CC(C)(O)C(C)(C)Oc1cc(-c2ccncc2)cc(-c2ccncc2)c1. The summed E-state index contributed by atoms with van der Waals surface area (Å²) in [7, 11) is 0. The summed E-state index contributed by atoms with van der Waals surface area (Å²) in [6.45, 7) is 7.28. The minimum absolute atomic E-state index is 0.707. The fourth-order valence-corrected chi connectivity index (χ4v) is 2.50. The van der Waals surface area contributed by atoms with Crippen molar-refractivity contribution < 1.29 is 9.84 Å². The second kappa shape index (κ2) is 6.89. The Kier molecular flexibility index (Phi) is 4.79. The van der Waals surface area contributed by atoms with E-state index in [1.165, 1.54) is 0 Å². The van der Waals surface area contributed by atoms with Crippen LogP contribution in [0.2, 0.25) is 0 Å². The molecule has 0 saturated carbocycles. The van der Waals surface area contributed by atoms with Crippen molar-refractivity contribution >= 4 is 0 Å². The molecule has 0 saturated heterocycles. The van der Waals surface area contributed by atoms with Crippen LogP contribution in [-0.4, -0.2) is 26.3 Å². The lowest BCUT2D eigenvalue weighted by Crippen LogP contribution is -2.49. The van der Waals surface area contributed by atoms with Crippen molar-refractivity contribution in [1.29, 1.82) is 0 Å². The minimum Gasteiger partial charge on any atom is -0.485 e. The third-order valence-electron chi connectivity index (χ3n) is 4.78. The number of benzene rings is 1. The van der Waals surface area contributed by atoms with E-state index in [-0.39, 0.29) is 0 Å². The molecule has 3 aromatic rings. The molecule has 0 atom stereocenters. The van der Waals surface area contributed by atoms with Crippen molar-refractivity contribution in [2.45, 2.75) is 38.9 Å². The topological polar surface area (TPSA) is 55.2 Å². The molecule has 26 heavy (non-hydrogen) atoms. The molecular formula is C22H24N2O2. The van der Waals surface area contributed by atoms with Crippen LogP contribution in [0, 0.1) is 0 Å². The van der Waals surface area contributed by atoms with Gasteiger partial charge in [-0.2, -0.15) is 0 Å². The van der Waals surface area contributed by atoms with Crippen molar-refractivity contribution in [3.05, 3.63) is 67.3 Å². The van der Waals surface area contributed by atoms with Gasteiger partial charge in [-0.3, -0.25) is 9.97 Å². The van der Waals surface area contributed by atoms with Crippen LogP contribution in [0.3, 0.4) is 0 Å². The number of hydrogen-bond acceptors (Lipinski definition) is 4. The summed E-state index contributed by atoms with van der Waals surface area (Å²) >= 11 is 0. The Morgan fingerprint density at radius 1 is 0.692 bits per heavy atom. The van der Waals surface area contributed by atoms with Gasteiger partial charge in [0.25, 0.3) is 0 Å². The summed E-state index contributed by atoms with van der Waals surface area (Å²) in [6.07, 6.45) is 7.09. The number of rotatable bonds is 5. The summed E-state index contributed by atoms with van der Waals surface area (Å²) in [5, 5.41) is 10.4. The molecule has 0 unspecified atom stereocenters. The highest BCUT2D eigenvalue weighted by atomic mass is 16.5. The number of aliphatic hydroxyl groups is 1. The van der Waals surface area contributed by atoms with Crippen LogP contribution in [-0.2, 0) is 0 Å². The van der Waals surface area contributed by atoms with E-state index in [9.17, 15) is 5.11 Å². The normalized spacial score (nSPS) is 12.0. The first-order valence-corrected chi connectivity index (χ1v) is 8.63. The molecule has 0 amide bonds. The third kappa shape index (κ3) is 3.92. The largest absolute Gasteiger partial charge is 0.485 e. The van der Waals surface area contributed by atoms with Gasteiger partial charge in [0.2, 0.25) is 0 Å². The van der Waals surface area contributed by atoms with Crippen LogP contribution in [0.1, 0.15) is 27.7 Å². The highest BCUT2D eigenvalue weighted by Gasteiger charge is 2.37. The Balaban J connectivity index is 2.10. The molecule has 0 fully saturated rings. The molecule has 2 aromatic heterocycles. The molecule has 1 N–H and O–H groups in total. The average Bonchev–Trinajstić information content (AvgIpc) is 2.61. The van der Waals surface area contributed by atoms with E-state index >= 15 is 0 Å². The van der Waals surface area contributed by atoms with Gasteiger partial charge >= 0.3 is 0 Å². The van der Waals surface area contributed by atoms with Crippen molar-refractivity contribution in [3.63, 3.8) is 0 Å². The summed E-state index contributed by atoms with van der Waals surface area (Å²) in [5.74, 6) is 0.707. The van der Waals surface area contributed by atoms with Crippen molar-refractivity contribution in [2.24, 2.45) is 0 Å². The van der Waals surface area contributed by atoms with Crippen LogP contribution in [0.5, 0.6) is 5.75 Å². The molecule has 0 aliphatic rings.